The molecule has 2 saturated heterocycles. The van der Waals surface area contributed by atoms with E-state index < -0.39 is 0 Å². The second-order valence-corrected chi connectivity index (χ2v) is 7.53. The lowest BCUT2D eigenvalue weighted by Crippen LogP contribution is -2.33. The fourth-order valence-electron chi connectivity index (χ4n) is 4.62. The van der Waals surface area contributed by atoms with Crippen molar-refractivity contribution in [3.8, 4) is 0 Å². The number of hydrogen-bond donors (Lipinski definition) is 0. The van der Waals surface area contributed by atoms with Gasteiger partial charge in [0.25, 0.3) is 0 Å². The summed E-state index contributed by atoms with van der Waals surface area (Å²) in [6, 6.07) is 15.1. The minimum absolute atomic E-state index is 0.262. The molecule has 1 aromatic carbocycles. The lowest BCUT2D eigenvalue weighted by atomic mass is 9.90. The second-order valence-electron chi connectivity index (χ2n) is 7.53. The summed E-state index contributed by atoms with van der Waals surface area (Å²) in [7, 11) is 2.21. The maximum absolute atomic E-state index is 12.7. The van der Waals surface area contributed by atoms with Gasteiger partial charge in [0.05, 0.1) is 0 Å². The average Bonchev–Trinajstić information content (AvgIpc) is 3.27. The van der Waals surface area contributed by atoms with Gasteiger partial charge in [-0.1, -0.05) is 30.3 Å². The molecule has 3 heterocycles. The molecule has 1 amide bonds. The molecule has 25 heavy (non-hydrogen) atoms. The van der Waals surface area contributed by atoms with Crippen LogP contribution in [0.25, 0.3) is 0 Å². The number of nitrogens with zero attached hydrogens (tertiary/aromatic N) is 2. The molecule has 4 nitrogen and oxygen atoms in total. The molecule has 0 unspecified atom stereocenters. The maximum atomic E-state index is 12.7. The molecule has 132 valence electrons. The normalized spacial score (nSPS) is 26.2. The predicted molar refractivity (Wildman–Crippen MR) is 97.1 cm³/mol. The van der Waals surface area contributed by atoms with Gasteiger partial charge in [0, 0.05) is 44.4 Å². The van der Waals surface area contributed by atoms with Crippen LogP contribution in [0.1, 0.15) is 29.5 Å². The van der Waals surface area contributed by atoms with Crippen LogP contribution in [0.2, 0.25) is 0 Å². The van der Waals surface area contributed by atoms with Crippen LogP contribution in [0.15, 0.2) is 46.9 Å². The van der Waals surface area contributed by atoms with E-state index in [1.54, 1.807) is 0 Å². The van der Waals surface area contributed by atoms with E-state index in [1.807, 2.05) is 19.1 Å². The maximum Gasteiger partial charge on any atom is 0.223 e. The van der Waals surface area contributed by atoms with Crippen LogP contribution in [0.5, 0.6) is 0 Å². The third kappa shape index (κ3) is 3.23. The van der Waals surface area contributed by atoms with Gasteiger partial charge in [-0.05, 0) is 37.6 Å². The van der Waals surface area contributed by atoms with Crippen molar-refractivity contribution in [3.05, 3.63) is 59.5 Å². The lowest BCUT2D eigenvalue weighted by molar-refractivity contribution is -0.130. The first-order valence-electron chi connectivity index (χ1n) is 9.20. The summed E-state index contributed by atoms with van der Waals surface area (Å²) >= 11 is 0. The number of aryl methyl sites for hydroxylation is 2. The fraction of sp³-hybridized carbons (Fsp3) is 0.476. The van der Waals surface area contributed by atoms with E-state index >= 15 is 0 Å². The Morgan fingerprint density at radius 3 is 2.64 bits per heavy atom. The number of benzene rings is 1. The predicted octanol–water partition coefficient (Wildman–Crippen LogP) is 3.28. The molecule has 4 rings (SSSR count). The number of carbonyl (C=O) groups excluding carboxylic acids is 1. The van der Waals surface area contributed by atoms with Crippen molar-refractivity contribution in [2.75, 3.05) is 26.7 Å². The van der Waals surface area contributed by atoms with E-state index in [0.29, 0.717) is 30.7 Å². The summed E-state index contributed by atoms with van der Waals surface area (Å²) in [5.41, 5.74) is 1.37. The van der Waals surface area contributed by atoms with Crippen molar-refractivity contribution >= 4 is 5.91 Å². The summed E-state index contributed by atoms with van der Waals surface area (Å²) in [4.78, 5) is 17.2. The molecule has 3 atom stereocenters. The highest BCUT2D eigenvalue weighted by molar-refractivity contribution is 5.76. The van der Waals surface area contributed by atoms with Gasteiger partial charge >= 0.3 is 0 Å². The first-order chi connectivity index (χ1) is 12.1. The van der Waals surface area contributed by atoms with Crippen LogP contribution >= 0.6 is 0 Å². The van der Waals surface area contributed by atoms with Crippen molar-refractivity contribution in [1.82, 2.24) is 9.80 Å². The highest BCUT2D eigenvalue weighted by Gasteiger charge is 2.46. The molecule has 2 aromatic rings. The number of fused-ring (bicyclic) bond motifs is 1. The molecule has 0 radical (unpaired) electrons. The smallest absolute Gasteiger partial charge is 0.223 e. The Bertz CT molecular complexity index is 739. The fourth-order valence-corrected chi connectivity index (χ4v) is 4.62. The van der Waals surface area contributed by atoms with Crippen molar-refractivity contribution < 1.29 is 9.21 Å². The number of rotatable bonds is 4. The molecule has 0 aliphatic carbocycles. The van der Waals surface area contributed by atoms with Crippen LogP contribution in [0.4, 0.5) is 0 Å². The number of amides is 1. The van der Waals surface area contributed by atoms with Crippen molar-refractivity contribution in [2.24, 2.45) is 11.8 Å². The molecular formula is C21H26N2O2. The van der Waals surface area contributed by atoms with Gasteiger partial charge in [0.2, 0.25) is 5.91 Å². The molecule has 0 bridgehead atoms. The van der Waals surface area contributed by atoms with Gasteiger partial charge in [0.15, 0.2) is 0 Å². The Labute approximate surface area is 149 Å². The Morgan fingerprint density at radius 1 is 1.12 bits per heavy atom. The Hall–Kier alpha value is -2.07. The van der Waals surface area contributed by atoms with Gasteiger partial charge in [-0.15, -0.1) is 0 Å². The van der Waals surface area contributed by atoms with Gasteiger partial charge in [-0.3, -0.25) is 9.69 Å². The van der Waals surface area contributed by atoms with Crippen molar-refractivity contribution in [2.45, 2.75) is 25.8 Å². The van der Waals surface area contributed by atoms with E-state index in [2.05, 4.69) is 47.2 Å². The van der Waals surface area contributed by atoms with Crippen LogP contribution in [-0.4, -0.2) is 42.4 Å². The van der Waals surface area contributed by atoms with Crippen LogP contribution in [0, 0.1) is 18.8 Å². The second kappa shape index (κ2) is 6.68. The summed E-state index contributed by atoms with van der Waals surface area (Å²) < 4.78 is 5.58. The van der Waals surface area contributed by atoms with Gasteiger partial charge in [-0.2, -0.15) is 0 Å². The molecular weight excluding hydrogens is 312 g/mol. The number of hydrogen-bond acceptors (Lipinski definition) is 3. The number of likely N-dealkylation sites (tertiary alicyclic amines) is 2. The number of carbonyl (C=O) groups is 1. The van der Waals surface area contributed by atoms with E-state index in [4.69, 9.17) is 4.42 Å². The van der Waals surface area contributed by atoms with E-state index in [9.17, 15) is 4.79 Å². The third-order valence-electron chi connectivity index (χ3n) is 5.77. The first kappa shape index (κ1) is 16.4. The zero-order valence-electron chi connectivity index (χ0n) is 15.0. The van der Waals surface area contributed by atoms with E-state index in [0.717, 1.165) is 31.2 Å². The van der Waals surface area contributed by atoms with Gasteiger partial charge in [0.1, 0.15) is 11.5 Å². The summed E-state index contributed by atoms with van der Waals surface area (Å²) in [5, 5.41) is 0. The van der Waals surface area contributed by atoms with E-state index in [-0.39, 0.29) is 5.91 Å². The first-order valence-corrected chi connectivity index (χ1v) is 9.20. The molecule has 2 fully saturated rings. The average molecular weight is 338 g/mol. The highest BCUT2D eigenvalue weighted by Crippen LogP contribution is 2.44. The molecule has 0 saturated carbocycles. The highest BCUT2D eigenvalue weighted by atomic mass is 16.3. The number of furan rings is 1. The van der Waals surface area contributed by atoms with Crippen molar-refractivity contribution in [1.29, 1.82) is 0 Å². The zero-order chi connectivity index (χ0) is 17.4. The summed E-state index contributed by atoms with van der Waals surface area (Å²) in [6.45, 7) is 4.79. The Balaban J connectivity index is 1.40. The van der Waals surface area contributed by atoms with Crippen LogP contribution < -0.4 is 0 Å². The topological polar surface area (TPSA) is 36.7 Å². The molecule has 0 spiro atoms. The van der Waals surface area contributed by atoms with Gasteiger partial charge < -0.3 is 9.32 Å². The summed E-state index contributed by atoms with van der Waals surface area (Å²) in [5.74, 6) is 3.21. The quantitative estimate of drug-likeness (QED) is 0.858. The Morgan fingerprint density at radius 2 is 1.92 bits per heavy atom. The lowest BCUT2D eigenvalue weighted by Gasteiger charge is -2.27. The largest absolute Gasteiger partial charge is 0.466 e. The van der Waals surface area contributed by atoms with Gasteiger partial charge in [-0.25, -0.2) is 0 Å². The monoisotopic (exact) mass is 338 g/mol. The molecule has 1 aromatic heterocycles. The van der Waals surface area contributed by atoms with Crippen LogP contribution in [0.3, 0.4) is 0 Å². The zero-order valence-corrected chi connectivity index (χ0v) is 15.0. The van der Waals surface area contributed by atoms with Crippen LogP contribution in [-0.2, 0) is 11.2 Å². The molecule has 4 heteroatoms. The third-order valence-corrected chi connectivity index (χ3v) is 5.77. The molecule has 2 aliphatic rings. The SMILES string of the molecule is Cc1ccc(CCC(=O)N2C[C@@H]3CN(C)[C@H](c4ccccc4)[C@H]3C2)o1. The molecule has 2 aliphatic heterocycles. The standard InChI is InChI=1S/C21H26N2O2/c1-15-8-9-18(25-15)10-11-20(24)23-13-17-12-22(2)21(19(17)14-23)16-6-4-3-5-7-16/h3-9,17,19,21H,10-14H2,1-2H3/t17-,19-,21+/m0/s1. The van der Waals surface area contributed by atoms with Crippen molar-refractivity contribution in [3.63, 3.8) is 0 Å². The molecule has 0 N–H and O–H groups in total. The Kier molecular flexibility index (Phi) is 4.38. The minimum Gasteiger partial charge on any atom is -0.466 e. The minimum atomic E-state index is 0.262. The van der Waals surface area contributed by atoms with E-state index in [1.165, 1.54) is 5.56 Å². The summed E-state index contributed by atoms with van der Waals surface area (Å²) in [6.07, 6.45) is 1.23.